The van der Waals surface area contributed by atoms with E-state index in [2.05, 4.69) is 20.2 Å². The van der Waals surface area contributed by atoms with Gasteiger partial charge in [-0.3, -0.25) is 14.5 Å². The summed E-state index contributed by atoms with van der Waals surface area (Å²) < 4.78 is 14.7. The van der Waals surface area contributed by atoms with Gasteiger partial charge in [-0.2, -0.15) is 0 Å². The Hall–Kier alpha value is -2.32. The third-order valence-electron chi connectivity index (χ3n) is 6.16. The molecule has 2 heterocycles. The second kappa shape index (κ2) is 11.0. The van der Waals surface area contributed by atoms with Crippen LogP contribution >= 0.6 is 11.8 Å². The van der Waals surface area contributed by atoms with Crippen molar-refractivity contribution in [1.29, 1.82) is 0 Å². The molecule has 2 unspecified atom stereocenters. The van der Waals surface area contributed by atoms with Crippen LogP contribution in [0.4, 0.5) is 15.9 Å². The number of hydrogen-bond donors (Lipinski definition) is 1. The summed E-state index contributed by atoms with van der Waals surface area (Å²) in [5.41, 5.74) is 1.50. The molecule has 1 aliphatic rings. The van der Waals surface area contributed by atoms with Gasteiger partial charge in [-0.05, 0) is 69.6 Å². The zero-order valence-corrected chi connectivity index (χ0v) is 20.0. The predicted molar refractivity (Wildman–Crippen MR) is 127 cm³/mol. The van der Waals surface area contributed by atoms with Gasteiger partial charge in [0.1, 0.15) is 11.6 Å². The van der Waals surface area contributed by atoms with Crippen molar-refractivity contribution in [3.05, 3.63) is 40.8 Å². The molecule has 1 aromatic heterocycles. The highest BCUT2D eigenvalue weighted by atomic mass is 32.2. The molecule has 6 nitrogen and oxygen atoms in total. The Morgan fingerprint density at radius 1 is 1.25 bits per heavy atom. The number of carbonyl (C=O) groups excluding carboxylic acids is 2. The summed E-state index contributed by atoms with van der Waals surface area (Å²) in [5, 5.41) is 3.46. The third kappa shape index (κ3) is 5.35. The lowest BCUT2D eigenvalue weighted by atomic mass is 10.00. The number of ketones is 1. The predicted octanol–water partition coefficient (Wildman–Crippen LogP) is 5.46. The van der Waals surface area contributed by atoms with Gasteiger partial charge >= 0.3 is 0 Å². The number of hydrogen-bond acceptors (Lipinski definition) is 7. The van der Waals surface area contributed by atoms with E-state index < -0.39 is 5.82 Å². The molecule has 2 atom stereocenters. The van der Waals surface area contributed by atoms with E-state index in [4.69, 9.17) is 0 Å². The number of aromatic nitrogens is 2. The van der Waals surface area contributed by atoms with Crippen LogP contribution in [0.1, 0.15) is 78.8 Å². The number of nitrogens with zero attached hydrogens (tertiary/aromatic N) is 3. The molecule has 1 N–H and O–H groups in total. The molecule has 1 aromatic carbocycles. The average Bonchev–Trinajstić information content (AvgIpc) is 2.83. The maximum Gasteiger partial charge on any atom is 0.189 e. The van der Waals surface area contributed by atoms with Gasteiger partial charge in [0, 0.05) is 5.56 Å². The minimum absolute atomic E-state index is 0.0432. The quantitative estimate of drug-likeness (QED) is 0.231. The van der Waals surface area contributed by atoms with Crippen LogP contribution in [0.3, 0.4) is 0 Å². The molecule has 0 aliphatic carbocycles. The number of benzene rings is 1. The van der Waals surface area contributed by atoms with Gasteiger partial charge in [0.15, 0.2) is 17.2 Å². The molecule has 0 amide bonds. The van der Waals surface area contributed by atoms with Crippen molar-refractivity contribution < 1.29 is 14.0 Å². The van der Waals surface area contributed by atoms with E-state index in [9.17, 15) is 14.0 Å². The Bertz CT molecular complexity index is 979. The summed E-state index contributed by atoms with van der Waals surface area (Å²) in [6.45, 7) is 7.72. The van der Waals surface area contributed by atoms with E-state index in [1.807, 2.05) is 27.0 Å². The summed E-state index contributed by atoms with van der Waals surface area (Å²) in [6.07, 6.45) is 6.73. The first-order valence-corrected chi connectivity index (χ1v) is 12.4. The Morgan fingerprint density at radius 3 is 2.59 bits per heavy atom. The summed E-state index contributed by atoms with van der Waals surface area (Å²) in [7, 11) is 0. The van der Waals surface area contributed by atoms with Gasteiger partial charge in [0.05, 0.1) is 23.0 Å². The van der Waals surface area contributed by atoms with Crippen LogP contribution in [0, 0.1) is 5.82 Å². The van der Waals surface area contributed by atoms with E-state index in [0.717, 1.165) is 32.4 Å². The summed E-state index contributed by atoms with van der Waals surface area (Å²) >= 11 is 1.36. The minimum atomic E-state index is -0.515. The van der Waals surface area contributed by atoms with Crippen molar-refractivity contribution in [3.8, 4) is 0 Å². The molecule has 0 bridgehead atoms. The summed E-state index contributed by atoms with van der Waals surface area (Å²) in [5.74, 6) is -0.258. The van der Waals surface area contributed by atoms with Crippen molar-refractivity contribution in [1.82, 2.24) is 14.9 Å². The van der Waals surface area contributed by atoms with E-state index in [0.29, 0.717) is 28.3 Å². The number of anilines is 2. The van der Waals surface area contributed by atoms with E-state index in [1.54, 1.807) is 0 Å². The third-order valence-corrected chi connectivity index (χ3v) is 6.70. The van der Waals surface area contributed by atoms with Gasteiger partial charge in [0.25, 0.3) is 0 Å². The number of rotatable bonds is 9. The number of halogens is 1. The number of Topliss-reactive ketones (excluding diaryl/α,β-unsaturated/α-hetero) is 1. The van der Waals surface area contributed by atoms with Gasteiger partial charge in [-0.1, -0.05) is 32.0 Å². The molecule has 0 saturated carbocycles. The largest absolute Gasteiger partial charge is 0.337 e. The Morgan fingerprint density at radius 2 is 1.97 bits per heavy atom. The van der Waals surface area contributed by atoms with E-state index in [1.165, 1.54) is 36.4 Å². The molecular weight excluding hydrogens is 427 g/mol. The van der Waals surface area contributed by atoms with Crippen LogP contribution in [0.2, 0.25) is 0 Å². The number of carbonyl (C=O) groups is 2. The van der Waals surface area contributed by atoms with Crippen LogP contribution in [-0.4, -0.2) is 52.3 Å². The van der Waals surface area contributed by atoms with Crippen molar-refractivity contribution >= 4 is 35.3 Å². The number of piperidine rings is 1. The van der Waals surface area contributed by atoms with Crippen molar-refractivity contribution in [3.63, 3.8) is 0 Å². The molecule has 1 saturated heterocycles. The number of aldehydes is 1. The number of likely N-dealkylation sites (tertiary alicyclic amines) is 1. The Labute approximate surface area is 193 Å². The van der Waals surface area contributed by atoms with Gasteiger partial charge in [-0.25, -0.2) is 14.4 Å². The molecule has 0 spiro atoms. The van der Waals surface area contributed by atoms with Crippen LogP contribution in [0.5, 0.6) is 0 Å². The van der Waals surface area contributed by atoms with Crippen LogP contribution in [-0.2, 0) is 0 Å². The van der Waals surface area contributed by atoms with Crippen LogP contribution in [0.15, 0.2) is 23.4 Å². The lowest BCUT2D eigenvalue weighted by Gasteiger charge is -2.31. The maximum absolute atomic E-state index is 14.7. The monoisotopic (exact) mass is 458 g/mol. The van der Waals surface area contributed by atoms with E-state index >= 15 is 0 Å². The lowest BCUT2D eigenvalue weighted by molar-refractivity contribution is 0.0808. The molecule has 1 fully saturated rings. The second-order valence-corrected chi connectivity index (χ2v) is 9.01. The zero-order chi connectivity index (χ0) is 23.3. The van der Waals surface area contributed by atoms with Crippen molar-refractivity contribution in [2.75, 3.05) is 24.7 Å². The van der Waals surface area contributed by atoms with Gasteiger partial charge < -0.3 is 5.32 Å². The summed E-state index contributed by atoms with van der Waals surface area (Å²) in [6, 6.07) is 4.04. The van der Waals surface area contributed by atoms with E-state index in [-0.39, 0.29) is 29.2 Å². The first kappa shape index (κ1) is 24.3. The highest BCUT2D eigenvalue weighted by molar-refractivity contribution is 7.98. The van der Waals surface area contributed by atoms with Crippen molar-refractivity contribution in [2.24, 2.45) is 0 Å². The molecular formula is C24H31FN4O2S. The topological polar surface area (TPSA) is 75.2 Å². The second-order valence-electron chi connectivity index (χ2n) is 8.24. The molecule has 32 heavy (non-hydrogen) atoms. The van der Waals surface area contributed by atoms with Gasteiger partial charge in [-0.15, -0.1) is 0 Å². The van der Waals surface area contributed by atoms with Gasteiger partial charge in [0.2, 0.25) is 0 Å². The number of nitrogens with one attached hydrogen (secondary N) is 1. The molecule has 1 aliphatic heterocycles. The Balaban J connectivity index is 1.94. The maximum atomic E-state index is 14.7. The molecule has 2 aromatic rings. The highest BCUT2D eigenvalue weighted by Gasteiger charge is 2.25. The first-order chi connectivity index (χ1) is 15.4. The Kier molecular flexibility index (Phi) is 8.37. The first-order valence-electron chi connectivity index (χ1n) is 11.2. The highest BCUT2D eigenvalue weighted by Crippen LogP contribution is 2.30. The molecule has 3 rings (SSSR count). The normalized spacial score (nSPS) is 16.4. The SMILES string of the molecule is CCC(C)c1nc(SC)nc(Nc2cc(C(=O)C(C)N3CCCCC3)ccc2F)c1C=O. The molecule has 0 radical (unpaired) electrons. The molecule has 8 heteroatoms. The number of thioether (sulfide) groups is 1. The van der Waals surface area contributed by atoms with Crippen molar-refractivity contribution in [2.45, 2.75) is 63.6 Å². The fourth-order valence-corrected chi connectivity index (χ4v) is 4.32. The average molecular weight is 459 g/mol. The molecule has 172 valence electrons. The summed E-state index contributed by atoms with van der Waals surface area (Å²) in [4.78, 5) is 36.1. The van der Waals surface area contributed by atoms with Crippen LogP contribution in [0.25, 0.3) is 0 Å². The van der Waals surface area contributed by atoms with Crippen LogP contribution < -0.4 is 5.32 Å². The zero-order valence-electron chi connectivity index (χ0n) is 19.2. The fraction of sp³-hybridized carbons (Fsp3) is 0.500. The standard InChI is InChI=1S/C24H31FN4O2S/c1-5-15(2)21-18(14-30)23(28-24(27-21)32-4)26-20-13-17(9-10-19(20)25)22(31)16(3)29-11-7-6-8-12-29/h9-10,13-16H,5-8,11-12H2,1-4H3,(H,26,27,28). The fourth-order valence-electron chi connectivity index (χ4n) is 3.95. The lowest BCUT2D eigenvalue weighted by Crippen LogP contribution is -2.42. The minimum Gasteiger partial charge on any atom is -0.337 e. The smallest absolute Gasteiger partial charge is 0.189 e.